The van der Waals surface area contributed by atoms with Gasteiger partial charge in [0.2, 0.25) is 0 Å². The van der Waals surface area contributed by atoms with Gasteiger partial charge in [-0.3, -0.25) is 19.9 Å². The fraction of sp³-hybridized carbons (Fsp3) is 0.263. The Balaban J connectivity index is 1.42. The molecule has 4 rings (SSSR count). The molecule has 132 valence electrons. The van der Waals surface area contributed by atoms with Crippen molar-refractivity contribution >= 4 is 11.7 Å². The molecule has 0 radical (unpaired) electrons. The summed E-state index contributed by atoms with van der Waals surface area (Å²) in [5, 5.41) is 7.48. The molecule has 0 unspecified atom stereocenters. The van der Waals surface area contributed by atoms with E-state index in [2.05, 4.69) is 25.1 Å². The summed E-state index contributed by atoms with van der Waals surface area (Å²) in [6.45, 7) is 4.71. The molecule has 1 aliphatic rings. The molecule has 0 spiro atoms. The number of piperazine rings is 1. The maximum Gasteiger partial charge on any atom is 0.255 e. The number of carbonyl (C=O) groups excluding carboxylic acids is 1. The molecule has 1 amide bonds. The molecule has 3 aromatic heterocycles. The predicted octanol–water partition coefficient (Wildman–Crippen LogP) is 2.14. The van der Waals surface area contributed by atoms with Crippen LogP contribution in [0.2, 0.25) is 0 Å². The van der Waals surface area contributed by atoms with Crippen LogP contribution < -0.4 is 4.90 Å². The van der Waals surface area contributed by atoms with Crippen LogP contribution in [0.4, 0.5) is 5.82 Å². The van der Waals surface area contributed by atoms with Crippen LogP contribution >= 0.6 is 0 Å². The van der Waals surface area contributed by atoms with Crippen molar-refractivity contribution in [1.29, 1.82) is 0 Å². The van der Waals surface area contributed by atoms with Gasteiger partial charge >= 0.3 is 0 Å². The molecule has 1 aliphatic heterocycles. The summed E-state index contributed by atoms with van der Waals surface area (Å²) >= 11 is 0. The summed E-state index contributed by atoms with van der Waals surface area (Å²) < 4.78 is 0. The zero-order chi connectivity index (χ0) is 17.9. The van der Waals surface area contributed by atoms with Crippen LogP contribution in [0.3, 0.4) is 0 Å². The Morgan fingerprint density at radius 2 is 1.92 bits per heavy atom. The van der Waals surface area contributed by atoms with Crippen LogP contribution in [0.5, 0.6) is 0 Å². The second-order valence-electron chi connectivity index (χ2n) is 6.30. The molecule has 0 aliphatic carbocycles. The predicted molar refractivity (Wildman–Crippen MR) is 98.9 cm³/mol. The topological polar surface area (TPSA) is 78.0 Å². The SMILES string of the molecule is Cc1ncccc1C(=O)N1CCN(c2cc(-c3cccnc3)[nH]n2)CC1. The Hall–Kier alpha value is -3.22. The molecule has 1 saturated heterocycles. The third-order valence-electron chi connectivity index (χ3n) is 4.67. The van der Waals surface area contributed by atoms with E-state index < -0.39 is 0 Å². The number of nitrogens with one attached hydrogen (secondary N) is 1. The molecule has 7 heteroatoms. The summed E-state index contributed by atoms with van der Waals surface area (Å²) in [5.41, 5.74) is 3.40. The summed E-state index contributed by atoms with van der Waals surface area (Å²) in [6.07, 6.45) is 5.27. The Morgan fingerprint density at radius 1 is 1.12 bits per heavy atom. The highest BCUT2D eigenvalue weighted by Gasteiger charge is 2.24. The highest BCUT2D eigenvalue weighted by Crippen LogP contribution is 2.22. The van der Waals surface area contributed by atoms with Gasteiger partial charge in [-0.15, -0.1) is 0 Å². The lowest BCUT2D eigenvalue weighted by molar-refractivity contribution is 0.0745. The van der Waals surface area contributed by atoms with Gasteiger partial charge in [-0.2, -0.15) is 5.10 Å². The van der Waals surface area contributed by atoms with E-state index >= 15 is 0 Å². The Labute approximate surface area is 151 Å². The number of aromatic amines is 1. The van der Waals surface area contributed by atoms with E-state index in [4.69, 9.17) is 0 Å². The number of nitrogens with zero attached hydrogens (tertiary/aromatic N) is 5. The van der Waals surface area contributed by atoms with Gasteiger partial charge in [0.25, 0.3) is 5.91 Å². The van der Waals surface area contributed by atoms with Gasteiger partial charge in [0, 0.05) is 62.1 Å². The third-order valence-corrected chi connectivity index (χ3v) is 4.67. The molecule has 1 fully saturated rings. The molecule has 0 saturated carbocycles. The summed E-state index contributed by atoms with van der Waals surface area (Å²) in [4.78, 5) is 25.1. The molecule has 26 heavy (non-hydrogen) atoms. The van der Waals surface area contributed by atoms with Crippen molar-refractivity contribution in [2.24, 2.45) is 0 Å². The van der Waals surface area contributed by atoms with Crippen molar-refractivity contribution in [2.75, 3.05) is 31.1 Å². The normalized spacial score (nSPS) is 14.5. The minimum Gasteiger partial charge on any atom is -0.352 e. The highest BCUT2D eigenvalue weighted by molar-refractivity contribution is 5.95. The van der Waals surface area contributed by atoms with Crippen molar-refractivity contribution < 1.29 is 4.79 Å². The lowest BCUT2D eigenvalue weighted by Crippen LogP contribution is -2.49. The molecule has 4 heterocycles. The number of carbonyl (C=O) groups is 1. The van der Waals surface area contributed by atoms with Crippen molar-refractivity contribution in [1.82, 2.24) is 25.1 Å². The van der Waals surface area contributed by atoms with Crippen LogP contribution in [0, 0.1) is 6.92 Å². The van der Waals surface area contributed by atoms with Gasteiger partial charge in [-0.05, 0) is 31.2 Å². The average molecular weight is 348 g/mol. The lowest BCUT2D eigenvalue weighted by Gasteiger charge is -2.35. The van der Waals surface area contributed by atoms with Crippen molar-refractivity contribution in [3.05, 3.63) is 60.2 Å². The number of hydrogen-bond donors (Lipinski definition) is 1. The number of amides is 1. The number of aromatic nitrogens is 4. The monoisotopic (exact) mass is 348 g/mol. The maximum absolute atomic E-state index is 12.7. The van der Waals surface area contributed by atoms with Crippen LogP contribution in [0.1, 0.15) is 16.1 Å². The number of H-pyrrole nitrogens is 1. The first-order valence-corrected chi connectivity index (χ1v) is 8.64. The Kier molecular flexibility index (Phi) is 4.35. The number of aryl methyl sites for hydroxylation is 1. The first kappa shape index (κ1) is 16.3. The Morgan fingerprint density at radius 3 is 2.65 bits per heavy atom. The maximum atomic E-state index is 12.7. The van der Waals surface area contributed by atoms with Crippen LogP contribution in [-0.2, 0) is 0 Å². The van der Waals surface area contributed by atoms with Crippen LogP contribution in [0.15, 0.2) is 48.9 Å². The van der Waals surface area contributed by atoms with Crippen molar-refractivity contribution in [3.63, 3.8) is 0 Å². The van der Waals surface area contributed by atoms with Gasteiger partial charge in [0.05, 0.1) is 11.3 Å². The van der Waals surface area contributed by atoms with E-state index in [1.165, 1.54) is 0 Å². The third kappa shape index (κ3) is 3.15. The lowest BCUT2D eigenvalue weighted by atomic mass is 10.1. The number of pyridine rings is 2. The second-order valence-corrected chi connectivity index (χ2v) is 6.30. The zero-order valence-electron chi connectivity index (χ0n) is 14.6. The van der Waals surface area contributed by atoms with E-state index in [0.29, 0.717) is 18.7 Å². The molecule has 7 nitrogen and oxygen atoms in total. The fourth-order valence-electron chi connectivity index (χ4n) is 3.16. The van der Waals surface area contributed by atoms with E-state index in [0.717, 1.165) is 35.9 Å². The van der Waals surface area contributed by atoms with E-state index in [9.17, 15) is 4.79 Å². The number of rotatable bonds is 3. The molecule has 0 bridgehead atoms. The average Bonchev–Trinajstić information content (AvgIpc) is 3.19. The Bertz CT molecular complexity index is 899. The van der Waals surface area contributed by atoms with E-state index in [-0.39, 0.29) is 5.91 Å². The summed E-state index contributed by atoms with van der Waals surface area (Å²) in [5.74, 6) is 0.946. The number of hydrogen-bond acceptors (Lipinski definition) is 5. The largest absolute Gasteiger partial charge is 0.352 e. The van der Waals surface area contributed by atoms with Gasteiger partial charge in [-0.1, -0.05) is 0 Å². The van der Waals surface area contributed by atoms with E-state index in [1.54, 1.807) is 18.5 Å². The first-order chi connectivity index (χ1) is 12.7. The van der Waals surface area contributed by atoms with Crippen molar-refractivity contribution in [3.8, 4) is 11.3 Å². The molecule has 0 aromatic carbocycles. The van der Waals surface area contributed by atoms with E-state index in [1.807, 2.05) is 42.3 Å². The molecule has 1 N–H and O–H groups in total. The van der Waals surface area contributed by atoms with Gasteiger partial charge in [-0.25, -0.2) is 0 Å². The minimum absolute atomic E-state index is 0.0494. The smallest absolute Gasteiger partial charge is 0.255 e. The minimum atomic E-state index is 0.0494. The quantitative estimate of drug-likeness (QED) is 0.785. The standard InChI is InChI=1S/C19H20N6O/c1-14-16(5-3-7-21-14)19(26)25-10-8-24(9-11-25)18-12-17(22-23-18)15-4-2-6-20-13-15/h2-7,12-13H,8-11H2,1H3,(H,22,23). The fourth-order valence-corrected chi connectivity index (χ4v) is 3.16. The molecular formula is C19H20N6O. The zero-order valence-corrected chi connectivity index (χ0v) is 14.6. The van der Waals surface area contributed by atoms with Crippen LogP contribution in [0.25, 0.3) is 11.3 Å². The second kappa shape index (κ2) is 6.95. The molecular weight excluding hydrogens is 328 g/mol. The van der Waals surface area contributed by atoms with Gasteiger partial charge < -0.3 is 9.80 Å². The molecule has 0 atom stereocenters. The van der Waals surface area contributed by atoms with Gasteiger partial charge in [0.1, 0.15) is 0 Å². The molecule has 3 aromatic rings. The summed E-state index contributed by atoms with van der Waals surface area (Å²) in [7, 11) is 0. The summed E-state index contributed by atoms with van der Waals surface area (Å²) in [6, 6.07) is 9.57. The number of anilines is 1. The highest BCUT2D eigenvalue weighted by atomic mass is 16.2. The van der Waals surface area contributed by atoms with Crippen LogP contribution in [-0.4, -0.2) is 57.2 Å². The van der Waals surface area contributed by atoms with Gasteiger partial charge in [0.15, 0.2) is 5.82 Å². The van der Waals surface area contributed by atoms with Crippen molar-refractivity contribution in [2.45, 2.75) is 6.92 Å². The first-order valence-electron chi connectivity index (χ1n) is 8.64.